The van der Waals surface area contributed by atoms with Gasteiger partial charge < -0.3 is 9.79 Å². The average molecular weight is 333 g/mol. The van der Waals surface area contributed by atoms with Gasteiger partial charge in [0.15, 0.2) is 0 Å². The van der Waals surface area contributed by atoms with Crippen molar-refractivity contribution in [1.82, 2.24) is 4.90 Å². The zero-order valence-electron chi connectivity index (χ0n) is 12.9. The van der Waals surface area contributed by atoms with Crippen molar-refractivity contribution in [2.24, 2.45) is 5.92 Å². The molecule has 2 N–H and O–H groups in total. The van der Waals surface area contributed by atoms with Gasteiger partial charge in [0.05, 0.1) is 0 Å². The fourth-order valence-corrected chi connectivity index (χ4v) is 4.54. The number of rotatable bonds is 4. The normalized spacial score (nSPS) is 28.7. The SMILES string of the molecule is CC(OP(=O)(O)O)N1C[C@H]2C[C@@]2(c2ccc3ccccc3c2)C1. The summed E-state index contributed by atoms with van der Waals surface area (Å²) in [5, 5.41) is 2.47. The number of nitrogens with zero attached hydrogens (tertiary/aromatic N) is 1. The first kappa shape index (κ1) is 15.3. The van der Waals surface area contributed by atoms with E-state index in [9.17, 15) is 4.57 Å². The highest BCUT2D eigenvalue weighted by Gasteiger charge is 2.61. The van der Waals surface area contributed by atoms with Crippen LogP contribution in [-0.2, 0) is 14.5 Å². The van der Waals surface area contributed by atoms with Crippen molar-refractivity contribution in [2.75, 3.05) is 13.1 Å². The average Bonchev–Trinajstić information content (AvgIpc) is 3.07. The van der Waals surface area contributed by atoms with Gasteiger partial charge in [-0.1, -0.05) is 42.5 Å². The van der Waals surface area contributed by atoms with Gasteiger partial charge in [0.2, 0.25) is 0 Å². The van der Waals surface area contributed by atoms with E-state index in [2.05, 4.69) is 30.3 Å². The fraction of sp³-hybridized carbons (Fsp3) is 0.412. The molecular formula is C17H20NO4P. The molecule has 2 fully saturated rings. The van der Waals surface area contributed by atoms with Crippen LogP contribution >= 0.6 is 7.82 Å². The lowest BCUT2D eigenvalue weighted by Gasteiger charge is -2.27. The summed E-state index contributed by atoms with van der Waals surface area (Å²) in [7, 11) is -4.45. The van der Waals surface area contributed by atoms with Crippen molar-refractivity contribution in [3.63, 3.8) is 0 Å². The van der Waals surface area contributed by atoms with Crippen LogP contribution in [0.25, 0.3) is 10.8 Å². The van der Waals surface area contributed by atoms with Gasteiger partial charge in [0.25, 0.3) is 0 Å². The summed E-state index contributed by atoms with van der Waals surface area (Å²) >= 11 is 0. The van der Waals surface area contributed by atoms with E-state index in [0.717, 1.165) is 19.5 Å². The lowest BCUT2D eigenvalue weighted by atomic mass is 9.93. The van der Waals surface area contributed by atoms with E-state index in [-0.39, 0.29) is 5.41 Å². The Hall–Kier alpha value is -1.23. The van der Waals surface area contributed by atoms with Crippen LogP contribution in [0.15, 0.2) is 42.5 Å². The van der Waals surface area contributed by atoms with E-state index in [1.165, 1.54) is 16.3 Å². The van der Waals surface area contributed by atoms with Gasteiger partial charge in [0, 0.05) is 18.5 Å². The molecule has 2 aromatic carbocycles. The smallest absolute Gasteiger partial charge is 0.303 e. The summed E-state index contributed by atoms with van der Waals surface area (Å²) < 4.78 is 15.9. The molecule has 4 rings (SSSR count). The molecule has 1 unspecified atom stereocenters. The van der Waals surface area contributed by atoms with Crippen LogP contribution in [0.5, 0.6) is 0 Å². The summed E-state index contributed by atoms with van der Waals surface area (Å²) in [5.41, 5.74) is 1.45. The van der Waals surface area contributed by atoms with E-state index in [1.807, 2.05) is 17.0 Å². The number of hydrogen-bond donors (Lipinski definition) is 2. The molecule has 1 saturated carbocycles. The zero-order valence-corrected chi connectivity index (χ0v) is 13.8. The maximum absolute atomic E-state index is 11.0. The molecule has 1 heterocycles. The highest BCUT2D eigenvalue weighted by molar-refractivity contribution is 7.46. The van der Waals surface area contributed by atoms with E-state index < -0.39 is 14.1 Å². The van der Waals surface area contributed by atoms with Gasteiger partial charge in [0.1, 0.15) is 6.23 Å². The second-order valence-electron chi connectivity index (χ2n) is 6.74. The van der Waals surface area contributed by atoms with Gasteiger partial charge in [-0.05, 0) is 35.6 Å². The van der Waals surface area contributed by atoms with E-state index in [4.69, 9.17) is 14.3 Å². The van der Waals surface area contributed by atoms with Crippen LogP contribution in [0.4, 0.5) is 0 Å². The molecule has 23 heavy (non-hydrogen) atoms. The Balaban J connectivity index is 1.57. The molecule has 2 aliphatic rings. The largest absolute Gasteiger partial charge is 0.471 e. The molecule has 0 spiro atoms. The lowest BCUT2D eigenvalue weighted by molar-refractivity contribution is 0.0228. The molecular weight excluding hydrogens is 313 g/mol. The number of fused-ring (bicyclic) bond motifs is 2. The highest BCUT2D eigenvalue weighted by atomic mass is 31.2. The molecule has 0 aromatic heterocycles. The van der Waals surface area contributed by atoms with Crippen LogP contribution in [0.1, 0.15) is 18.9 Å². The Kier molecular flexibility index (Phi) is 3.42. The number of likely N-dealkylation sites (tertiary alicyclic amines) is 1. The minimum absolute atomic E-state index is 0.122. The molecule has 3 atom stereocenters. The maximum Gasteiger partial charge on any atom is 0.471 e. The lowest BCUT2D eigenvalue weighted by Crippen LogP contribution is -2.35. The maximum atomic E-state index is 11.0. The van der Waals surface area contributed by atoms with Crippen LogP contribution < -0.4 is 0 Å². The Morgan fingerprint density at radius 2 is 2.00 bits per heavy atom. The Bertz CT molecular complexity index is 804. The Morgan fingerprint density at radius 3 is 2.74 bits per heavy atom. The van der Waals surface area contributed by atoms with Gasteiger partial charge in [-0.3, -0.25) is 9.42 Å². The molecule has 1 saturated heterocycles. The third-order valence-corrected chi connectivity index (χ3v) is 5.88. The standard InChI is InChI=1S/C17H20NO4P/c1-12(22-23(19,20)21)18-10-16-9-17(16,11-18)15-7-6-13-4-2-3-5-14(13)8-15/h2-8,12,16H,9-11H2,1H3,(H2,19,20,21)/t12?,16-,17+/m1/s1. The summed E-state index contributed by atoms with van der Waals surface area (Å²) in [6.45, 7) is 3.32. The van der Waals surface area contributed by atoms with Crippen molar-refractivity contribution in [3.05, 3.63) is 48.0 Å². The summed E-state index contributed by atoms with van der Waals surface area (Å²) in [5.74, 6) is 0.548. The van der Waals surface area contributed by atoms with Crippen molar-refractivity contribution in [3.8, 4) is 0 Å². The molecule has 0 radical (unpaired) electrons. The fourth-order valence-electron chi connectivity index (χ4n) is 4.01. The number of piperidine rings is 1. The first-order valence-corrected chi connectivity index (χ1v) is 9.38. The molecule has 5 nitrogen and oxygen atoms in total. The first-order chi connectivity index (χ1) is 10.9. The van der Waals surface area contributed by atoms with Crippen molar-refractivity contribution in [1.29, 1.82) is 0 Å². The molecule has 0 amide bonds. The van der Waals surface area contributed by atoms with E-state index >= 15 is 0 Å². The van der Waals surface area contributed by atoms with Crippen molar-refractivity contribution in [2.45, 2.75) is 25.0 Å². The van der Waals surface area contributed by atoms with Gasteiger partial charge in [-0.25, -0.2) is 4.57 Å². The van der Waals surface area contributed by atoms with Gasteiger partial charge >= 0.3 is 7.82 Å². The van der Waals surface area contributed by atoms with Crippen molar-refractivity contribution >= 4 is 18.6 Å². The number of phosphoric ester groups is 1. The Morgan fingerprint density at radius 1 is 1.26 bits per heavy atom. The van der Waals surface area contributed by atoms with Crippen LogP contribution in [0.3, 0.4) is 0 Å². The summed E-state index contributed by atoms with van der Waals surface area (Å²) in [6, 6.07) is 14.9. The zero-order chi connectivity index (χ0) is 16.2. The molecule has 1 aliphatic heterocycles. The molecule has 2 aromatic rings. The number of hydrogen-bond acceptors (Lipinski definition) is 3. The van der Waals surface area contributed by atoms with E-state index in [0.29, 0.717) is 5.92 Å². The Labute approximate surface area is 135 Å². The first-order valence-electron chi connectivity index (χ1n) is 7.85. The highest BCUT2D eigenvalue weighted by Crippen LogP contribution is 2.60. The van der Waals surface area contributed by atoms with Gasteiger partial charge in [-0.2, -0.15) is 0 Å². The number of phosphoric acid groups is 1. The van der Waals surface area contributed by atoms with Crippen LogP contribution in [-0.4, -0.2) is 34.0 Å². The minimum atomic E-state index is -4.45. The molecule has 6 heteroatoms. The molecule has 122 valence electrons. The van der Waals surface area contributed by atoms with Crippen molar-refractivity contribution < 1.29 is 18.9 Å². The van der Waals surface area contributed by atoms with Gasteiger partial charge in [-0.15, -0.1) is 0 Å². The predicted molar refractivity (Wildman–Crippen MR) is 87.9 cm³/mol. The summed E-state index contributed by atoms with van der Waals surface area (Å²) in [4.78, 5) is 20.0. The second kappa shape index (κ2) is 5.13. The topological polar surface area (TPSA) is 70.0 Å². The predicted octanol–water partition coefficient (Wildman–Crippen LogP) is 2.87. The van der Waals surface area contributed by atoms with Crippen LogP contribution in [0, 0.1) is 5.92 Å². The van der Waals surface area contributed by atoms with E-state index in [1.54, 1.807) is 6.92 Å². The van der Waals surface area contributed by atoms with Crippen LogP contribution in [0.2, 0.25) is 0 Å². The monoisotopic (exact) mass is 333 g/mol. The third kappa shape index (κ3) is 2.73. The quantitative estimate of drug-likeness (QED) is 0.842. The second-order valence-corrected chi connectivity index (χ2v) is 7.94. The molecule has 0 bridgehead atoms. The number of benzene rings is 2. The minimum Gasteiger partial charge on any atom is -0.303 e. The summed E-state index contributed by atoms with van der Waals surface area (Å²) in [6.07, 6.45) is 0.575. The third-order valence-electron chi connectivity index (χ3n) is 5.30. The molecule has 1 aliphatic carbocycles.